The van der Waals surface area contributed by atoms with Gasteiger partial charge in [0.2, 0.25) is 0 Å². The molecule has 2 heterocycles. The summed E-state index contributed by atoms with van der Waals surface area (Å²) < 4.78 is 19.1. The number of hydrogen-bond donors (Lipinski definition) is 3. The van der Waals surface area contributed by atoms with Gasteiger partial charge in [-0.1, -0.05) is 35.7 Å². The lowest BCUT2D eigenvalue weighted by molar-refractivity contribution is 0.240. The molecule has 4 aromatic rings. The lowest BCUT2D eigenvalue weighted by Gasteiger charge is -2.11. The zero-order valence-corrected chi connectivity index (χ0v) is 21.9. The molecular formula is C29H23ClFN7O2. The van der Waals surface area contributed by atoms with Crippen LogP contribution in [0.4, 0.5) is 20.7 Å². The topological polar surface area (TPSA) is 125 Å². The van der Waals surface area contributed by atoms with Crippen molar-refractivity contribution in [2.75, 3.05) is 11.9 Å². The SMILES string of the molecule is N#CCCNC(=O)NCc1cccc(C#Cc2cncnc2Nc2ccc(OCc3cccc(F)c3)c(Cl)c2)n1. The summed E-state index contributed by atoms with van der Waals surface area (Å²) in [6, 6.07) is 18.3. The first-order valence-electron chi connectivity index (χ1n) is 12.1. The number of nitriles is 1. The number of aromatic nitrogens is 3. The highest BCUT2D eigenvalue weighted by atomic mass is 35.5. The predicted octanol–water partition coefficient (Wildman–Crippen LogP) is 5.10. The lowest BCUT2D eigenvalue weighted by atomic mass is 10.2. The Bertz CT molecular complexity index is 1600. The van der Waals surface area contributed by atoms with Crippen molar-refractivity contribution in [3.8, 4) is 23.7 Å². The molecular weight excluding hydrogens is 533 g/mol. The molecule has 4 rings (SSSR count). The van der Waals surface area contributed by atoms with E-state index in [0.717, 1.165) is 0 Å². The van der Waals surface area contributed by atoms with Gasteiger partial charge in [-0.25, -0.2) is 24.1 Å². The fourth-order valence-corrected chi connectivity index (χ4v) is 3.62. The average molecular weight is 556 g/mol. The number of nitrogens with zero attached hydrogens (tertiary/aromatic N) is 4. The molecule has 2 aromatic carbocycles. The summed E-state index contributed by atoms with van der Waals surface area (Å²) in [5.74, 6) is 6.62. The number of anilines is 2. The van der Waals surface area contributed by atoms with E-state index in [1.807, 2.05) is 6.07 Å². The molecule has 2 aromatic heterocycles. The summed E-state index contributed by atoms with van der Waals surface area (Å²) in [4.78, 5) is 24.6. The van der Waals surface area contributed by atoms with E-state index in [4.69, 9.17) is 21.6 Å². The van der Waals surface area contributed by atoms with Crippen LogP contribution in [0, 0.1) is 29.0 Å². The van der Waals surface area contributed by atoms with E-state index in [2.05, 4.69) is 42.7 Å². The number of pyridine rings is 1. The maximum Gasteiger partial charge on any atom is 0.315 e. The van der Waals surface area contributed by atoms with Crippen molar-refractivity contribution in [2.24, 2.45) is 0 Å². The van der Waals surface area contributed by atoms with Crippen molar-refractivity contribution in [3.63, 3.8) is 0 Å². The Morgan fingerprint density at radius 2 is 1.95 bits per heavy atom. The zero-order chi connectivity index (χ0) is 28.2. The van der Waals surface area contributed by atoms with Crippen LogP contribution in [-0.2, 0) is 13.2 Å². The molecule has 0 fully saturated rings. The summed E-state index contributed by atoms with van der Waals surface area (Å²) in [6.45, 7) is 0.659. The Labute approximate surface area is 235 Å². The molecule has 9 nitrogen and oxygen atoms in total. The molecule has 0 radical (unpaired) electrons. The minimum absolute atomic E-state index is 0.177. The van der Waals surface area contributed by atoms with Crippen molar-refractivity contribution in [3.05, 3.63) is 107 Å². The Kier molecular flexibility index (Phi) is 9.81. The Balaban J connectivity index is 1.40. The number of rotatable bonds is 9. The van der Waals surface area contributed by atoms with Gasteiger partial charge in [0, 0.05) is 18.4 Å². The highest BCUT2D eigenvalue weighted by Gasteiger charge is 2.08. The lowest BCUT2D eigenvalue weighted by Crippen LogP contribution is -2.35. The zero-order valence-electron chi connectivity index (χ0n) is 21.1. The van der Waals surface area contributed by atoms with E-state index in [0.29, 0.717) is 44.8 Å². The molecule has 0 unspecified atom stereocenters. The second-order valence-corrected chi connectivity index (χ2v) is 8.66. The van der Waals surface area contributed by atoms with Crippen molar-refractivity contribution in [1.29, 1.82) is 5.26 Å². The smallest absolute Gasteiger partial charge is 0.315 e. The Hall–Kier alpha value is -5.19. The number of ether oxygens (including phenoxy) is 1. The van der Waals surface area contributed by atoms with Crippen LogP contribution in [0.2, 0.25) is 5.02 Å². The van der Waals surface area contributed by atoms with Crippen LogP contribution in [0.5, 0.6) is 5.75 Å². The van der Waals surface area contributed by atoms with Crippen molar-refractivity contribution < 1.29 is 13.9 Å². The van der Waals surface area contributed by atoms with Gasteiger partial charge in [0.15, 0.2) is 0 Å². The Morgan fingerprint density at radius 1 is 1.07 bits per heavy atom. The van der Waals surface area contributed by atoms with E-state index >= 15 is 0 Å². The monoisotopic (exact) mass is 555 g/mol. The number of halogens is 2. The summed E-state index contributed by atoms with van der Waals surface area (Å²) >= 11 is 6.41. The third kappa shape index (κ3) is 8.42. The first kappa shape index (κ1) is 27.8. The van der Waals surface area contributed by atoms with Crippen LogP contribution in [0.3, 0.4) is 0 Å². The van der Waals surface area contributed by atoms with Crippen molar-refractivity contribution in [2.45, 2.75) is 19.6 Å². The van der Waals surface area contributed by atoms with Gasteiger partial charge < -0.3 is 20.7 Å². The van der Waals surface area contributed by atoms with Crippen LogP contribution in [-0.4, -0.2) is 27.5 Å². The van der Waals surface area contributed by atoms with Gasteiger partial charge in [-0.3, -0.25) is 0 Å². The van der Waals surface area contributed by atoms with Gasteiger partial charge in [-0.15, -0.1) is 0 Å². The predicted molar refractivity (Wildman–Crippen MR) is 148 cm³/mol. The fourth-order valence-electron chi connectivity index (χ4n) is 3.39. The molecule has 200 valence electrons. The highest BCUT2D eigenvalue weighted by molar-refractivity contribution is 6.32. The van der Waals surface area contributed by atoms with Gasteiger partial charge in [0.1, 0.15) is 36.0 Å². The molecule has 0 aliphatic heterocycles. The van der Waals surface area contributed by atoms with E-state index < -0.39 is 0 Å². The van der Waals surface area contributed by atoms with Crippen LogP contribution >= 0.6 is 11.6 Å². The summed E-state index contributed by atoms with van der Waals surface area (Å²) in [5.41, 5.74) is 3.01. The third-order valence-electron chi connectivity index (χ3n) is 5.27. The van der Waals surface area contributed by atoms with Gasteiger partial charge in [-0.05, 0) is 53.9 Å². The largest absolute Gasteiger partial charge is 0.487 e. The minimum atomic E-state index is -0.378. The molecule has 3 N–H and O–H groups in total. The van der Waals surface area contributed by atoms with Gasteiger partial charge in [0.25, 0.3) is 0 Å². The van der Waals surface area contributed by atoms with Crippen molar-refractivity contribution in [1.82, 2.24) is 25.6 Å². The number of amides is 2. The van der Waals surface area contributed by atoms with Gasteiger partial charge in [-0.2, -0.15) is 5.26 Å². The molecule has 40 heavy (non-hydrogen) atoms. The third-order valence-corrected chi connectivity index (χ3v) is 5.57. The summed E-state index contributed by atoms with van der Waals surface area (Å²) in [7, 11) is 0. The van der Waals surface area contributed by atoms with E-state index in [-0.39, 0.29) is 38.0 Å². The molecule has 0 bridgehead atoms. The van der Waals surface area contributed by atoms with Crippen LogP contribution in [0.25, 0.3) is 0 Å². The number of carbonyl (C=O) groups is 1. The standard InChI is InChI=1S/C29H23ClFN7O2/c30-26-15-24(10-11-27(26)40-18-20-4-1-5-22(31)14-20)38-28-21(16-33-19-36-28)8-9-23-6-2-7-25(37-23)17-35-29(39)34-13-3-12-32/h1-2,4-7,10-11,14-16,19H,3,13,17-18H2,(H,33,36,38)(H2,34,35,39). The molecule has 0 spiro atoms. The number of hydrogen-bond acceptors (Lipinski definition) is 7. The average Bonchev–Trinajstić information content (AvgIpc) is 2.96. The molecule has 0 saturated carbocycles. The molecule has 0 atom stereocenters. The number of urea groups is 1. The maximum atomic E-state index is 13.4. The van der Waals surface area contributed by atoms with Crippen LogP contribution < -0.4 is 20.7 Å². The molecule has 0 saturated heterocycles. The number of nitrogens with one attached hydrogen (secondary N) is 3. The number of carbonyl (C=O) groups excluding carboxylic acids is 1. The van der Waals surface area contributed by atoms with Crippen molar-refractivity contribution >= 4 is 29.1 Å². The number of benzene rings is 2. The molecule has 11 heteroatoms. The van der Waals surface area contributed by atoms with E-state index in [9.17, 15) is 9.18 Å². The van der Waals surface area contributed by atoms with Gasteiger partial charge >= 0.3 is 6.03 Å². The van der Waals surface area contributed by atoms with E-state index in [1.54, 1.807) is 54.7 Å². The Morgan fingerprint density at radius 3 is 2.77 bits per heavy atom. The van der Waals surface area contributed by atoms with Crippen LogP contribution in [0.15, 0.2) is 73.2 Å². The minimum Gasteiger partial charge on any atom is -0.487 e. The first-order valence-corrected chi connectivity index (χ1v) is 12.5. The van der Waals surface area contributed by atoms with Gasteiger partial charge in [0.05, 0.1) is 35.3 Å². The molecule has 2 amide bonds. The summed E-state index contributed by atoms with van der Waals surface area (Å²) in [6.07, 6.45) is 3.22. The van der Waals surface area contributed by atoms with E-state index in [1.165, 1.54) is 18.5 Å². The maximum absolute atomic E-state index is 13.4. The summed E-state index contributed by atoms with van der Waals surface area (Å²) in [5, 5.41) is 17.4. The highest BCUT2D eigenvalue weighted by Crippen LogP contribution is 2.30. The molecule has 0 aliphatic carbocycles. The second kappa shape index (κ2) is 14.1. The molecule has 0 aliphatic rings. The quantitative estimate of drug-likeness (QED) is 0.194. The normalized spacial score (nSPS) is 10.0. The fraction of sp³-hybridized carbons (Fsp3) is 0.138. The first-order chi connectivity index (χ1) is 19.5. The second-order valence-electron chi connectivity index (χ2n) is 8.26. The van der Waals surface area contributed by atoms with Crippen LogP contribution in [0.1, 0.15) is 28.9 Å².